The highest BCUT2D eigenvalue weighted by molar-refractivity contribution is 7.89. The third kappa shape index (κ3) is 3.49. The molecule has 0 aliphatic rings. The van der Waals surface area contributed by atoms with Crippen LogP contribution in [0.15, 0.2) is 17.0 Å². The topological polar surface area (TPSA) is 86.7 Å². The minimum Gasteiger partial charge on any atom is -0.478 e. The molecule has 0 aliphatic carbocycles. The van der Waals surface area contributed by atoms with E-state index in [1.165, 1.54) is 26.1 Å². The number of hydrogen-bond donors (Lipinski definition) is 2. The van der Waals surface area contributed by atoms with Crippen LogP contribution < -0.4 is 5.32 Å². The third-order valence-electron chi connectivity index (χ3n) is 2.92. The fraction of sp³-hybridized carbons (Fsp3) is 0.417. The zero-order valence-corrected chi connectivity index (χ0v) is 13.0. The van der Waals surface area contributed by atoms with E-state index in [4.69, 9.17) is 16.7 Å². The average Bonchev–Trinajstić information content (AvgIpc) is 2.37. The van der Waals surface area contributed by atoms with Crippen molar-refractivity contribution < 1.29 is 18.3 Å². The molecular formula is C12H17ClN2O4S. The maximum absolute atomic E-state index is 12.4. The van der Waals surface area contributed by atoms with Gasteiger partial charge in [0.05, 0.1) is 10.5 Å². The van der Waals surface area contributed by atoms with Crippen molar-refractivity contribution in [3.63, 3.8) is 0 Å². The molecule has 1 rings (SSSR count). The molecule has 0 atom stereocenters. The molecule has 0 heterocycles. The summed E-state index contributed by atoms with van der Waals surface area (Å²) in [6.45, 7) is 2.22. The summed E-state index contributed by atoms with van der Waals surface area (Å²) < 4.78 is 26.0. The van der Waals surface area contributed by atoms with Gasteiger partial charge in [0.25, 0.3) is 0 Å². The normalized spacial score (nSPS) is 11.8. The average molecular weight is 321 g/mol. The Morgan fingerprint density at radius 3 is 2.55 bits per heavy atom. The Labute approximate surface area is 123 Å². The largest absolute Gasteiger partial charge is 0.478 e. The first-order valence-electron chi connectivity index (χ1n) is 5.86. The number of aromatic carboxylic acids is 1. The predicted octanol–water partition coefficient (Wildman–Crippen LogP) is 1.19. The molecule has 1 aromatic carbocycles. The van der Waals surface area contributed by atoms with Gasteiger partial charge in [0.1, 0.15) is 0 Å². The number of hydrogen-bond acceptors (Lipinski definition) is 4. The molecule has 0 spiro atoms. The Morgan fingerprint density at radius 1 is 1.45 bits per heavy atom. The van der Waals surface area contributed by atoms with Crippen molar-refractivity contribution in [1.82, 2.24) is 9.62 Å². The number of nitrogens with zero attached hydrogens (tertiary/aromatic N) is 1. The molecule has 0 fully saturated rings. The Bertz CT molecular complexity index is 616. The molecule has 2 N–H and O–H groups in total. The lowest BCUT2D eigenvalue weighted by molar-refractivity contribution is 0.0696. The molecule has 0 aromatic heterocycles. The zero-order chi connectivity index (χ0) is 15.5. The fourth-order valence-electron chi connectivity index (χ4n) is 1.70. The van der Waals surface area contributed by atoms with E-state index in [-0.39, 0.29) is 27.6 Å². The van der Waals surface area contributed by atoms with Crippen LogP contribution in [-0.4, -0.2) is 51.0 Å². The van der Waals surface area contributed by atoms with Crippen molar-refractivity contribution in [3.05, 3.63) is 28.3 Å². The van der Waals surface area contributed by atoms with Crippen molar-refractivity contribution in [2.45, 2.75) is 11.8 Å². The number of halogens is 1. The molecule has 8 heteroatoms. The summed E-state index contributed by atoms with van der Waals surface area (Å²) in [7, 11) is -0.621. The van der Waals surface area contributed by atoms with Crippen LogP contribution in [0, 0.1) is 6.92 Å². The lowest BCUT2D eigenvalue weighted by Crippen LogP contribution is -2.33. The van der Waals surface area contributed by atoms with Crippen LogP contribution in [0.3, 0.4) is 0 Å². The first kappa shape index (κ1) is 16.9. The van der Waals surface area contributed by atoms with Crippen molar-refractivity contribution in [1.29, 1.82) is 0 Å². The van der Waals surface area contributed by atoms with Gasteiger partial charge in [-0.1, -0.05) is 11.6 Å². The van der Waals surface area contributed by atoms with Crippen LogP contribution in [0.4, 0.5) is 0 Å². The molecule has 1 aromatic rings. The van der Waals surface area contributed by atoms with E-state index in [2.05, 4.69) is 5.32 Å². The van der Waals surface area contributed by atoms with Crippen LogP contribution in [0.5, 0.6) is 0 Å². The third-order valence-corrected chi connectivity index (χ3v) is 5.12. The molecular weight excluding hydrogens is 304 g/mol. The van der Waals surface area contributed by atoms with Gasteiger partial charge in [0.2, 0.25) is 10.0 Å². The summed E-state index contributed by atoms with van der Waals surface area (Å²) in [4.78, 5) is 11.0. The van der Waals surface area contributed by atoms with Gasteiger partial charge in [-0.25, -0.2) is 13.2 Å². The minimum atomic E-state index is -3.77. The van der Waals surface area contributed by atoms with Crippen LogP contribution in [0.25, 0.3) is 0 Å². The van der Waals surface area contributed by atoms with E-state index in [1.807, 2.05) is 0 Å². The van der Waals surface area contributed by atoms with Crippen LogP contribution in [-0.2, 0) is 10.0 Å². The maximum atomic E-state index is 12.4. The van der Waals surface area contributed by atoms with E-state index in [0.717, 1.165) is 4.31 Å². The molecule has 0 unspecified atom stereocenters. The second-order valence-electron chi connectivity index (χ2n) is 4.31. The lowest BCUT2D eigenvalue weighted by atomic mass is 10.1. The first-order chi connectivity index (χ1) is 9.21. The highest BCUT2D eigenvalue weighted by Crippen LogP contribution is 2.26. The molecule has 112 valence electrons. The van der Waals surface area contributed by atoms with Gasteiger partial charge < -0.3 is 10.4 Å². The van der Waals surface area contributed by atoms with Gasteiger partial charge in [0.15, 0.2) is 0 Å². The summed E-state index contributed by atoms with van der Waals surface area (Å²) in [6, 6.07) is 2.51. The number of carboxylic acid groups (broad SMARTS) is 1. The lowest BCUT2D eigenvalue weighted by Gasteiger charge is -2.19. The molecule has 0 amide bonds. The van der Waals surface area contributed by atoms with E-state index >= 15 is 0 Å². The van der Waals surface area contributed by atoms with E-state index in [0.29, 0.717) is 6.54 Å². The highest BCUT2D eigenvalue weighted by Gasteiger charge is 2.25. The second kappa shape index (κ2) is 6.53. The van der Waals surface area contributed by atoms with Gasteiger partial charge in [-0.3, -0.25) is 0 Å². The molecule has 0 saturated heterocycles. The highest BCUT2D eigenvalue weighted by atomic mass is 35.5. The van der Waals surface area contributed by atoms with Crippen LogP contribution in [0.1, 0.15) is 15.9 Å². The van der Waals surface area contributed by atoms with E-state index in [9.17, 15) is 13.2 Å². The maximum Gasteiger partial charge on any atom is 0.336 e. The van der Waals surface area contributed by atoms with Crippen LogP contribution in [0.2, 0.25) is 5.02 Å². The van der Waals surface area contributed by atoms with Gasteiger partial charge in [0, 0.05) is 25.2 Å². The number of likely N-dealkylation sites (N-methyl/N-ethyl adjacent to an activating group) is 2. The second-order valence-corrected chi connectivity index (χ2v) is 6.76. The minimum absolute atomic E-state index is 0.0774. The SMILES string of the molecule is CNCCN(C)S(=O)(=O)c1cc(Cl)cc(C(=O)O)c1C. The van der Waals surface area contributed by atoms with Gasteiger partial charge in [-0.05, 0) is 31.7 Å². The number of carbonyl (C=O) groups is 1. The molecule has 0 saturated carbocycles. The standard InChI is InChI=1S/C12H17ClN2O4S/c1-8-10(12(16)17)6-9(13)7-11(8)20(18,19)15(3)5-4-14-2/h6-7,14H,4-5H2,1-3H3,(H,16,17). The zero-order valence-electron chi connectivity index (χ0n) is 11.5. The number of rotatable bonds is 6. The molecule has 20 heavy (non-hydrogen) atoms. The summed E-state index contributed by atoms with van der Waals surface area (Å²) in [5.41, 5.74) is 0.0660. The Hall–Kier alpha value is -1.15. The Balaban J connectivity index is 3.35. The summed E-state index contributed by atoms with van der Waals surface area (Å²) in [6.07, 6.45) is 0. The fourth-order valence-corrected chi connectivity index (χ4v) is 3.42. The van der Waals surface area contributed by atoms with Crippen LogP contribution >= 0.6 is 11.6 Å². The quantitative estimate of drug-likeness (QED) is 0.822. The van der Waals surface area contributed by atoms with Crippen molar-refractivity contribution in [2.24, 2.45) is 0 Å². The smallest absolute Gasteiger partial charge is 0.336 e. The first-order valence-corrected chi connectivity index (χ1v) is 7.68. The van der Waals surface area contributed by atoms with Crippen molar-refractivity contribution >= 4 is 27.6 Å². The van der Waals surface area contributed by atoms with Crippen molar-refractivity contribution in [3.8, 4) is 0 Å². The number of nitrogens with one attached hydrogen (secondary N) is 1. The Morgan fingerprint density at radius 2 is 2.05 bits per heavy atom. The Kier molecular flexibility index (Phi) is 5.52. The summed E-state index contributed by atoms with van der Waals surface area (Å²) in [5, 5.41) is 12.0. The monoisotopic (exact) mass is 320 g/mol. The molecule has 0 radical (unpaired) electrons. The van der Waals surface area contributed by atoms with Crippen molar-refractivity contribution in [2.75, 3.05) is 27.2 Å². The van der Waals surface area contributed by atoms with Gasteiger partial charge in [-0.2, -0.15) is 4.31 Å². The number of carboxylic acids is 1. The molecule has 0 bridgehead atoms. The van der Waals surface area contributed by atoms with Gasteiger partial charge >= 0.3 is 5.97 Å². The predicted molar refractivity (Wildman–Crippen MR) is 76.9 cm³/mol. The molecule has 6 nitrogen and oxygen atoms in total. The van der Waals surface area contributed by atoms with E-state index in [1.54, 1.807) is 7.05 Å². The molecule has 0 aliphatic heterocycles. The van der Waals surface area contributed by atoms with E-state index < -0.39 is 16.0 Å². The van der Waals surface area contributed by atoms with Gasteiger partial charge in [-0.15, -0.1) is 0 Å². The number of benzene rings is 1. The summed E-state index contributed by atoms with van der Waals surface area (Å²) >= 11 is 5.82. The number of sulfonamides is 1. The summed E-state index contributed by atoms with van der Waals surface area (Å²) in [5.74, 6) is -1.21.